The zero-order valence-electron chi connectivity index (χ0n) is 35.5. The van der Waals surface area contributed by atoms with Crippen LogP contribution in [0.5, 0.6) is 0 Å². The van der Waals surface area contributed by atoms with Gasteiger partial charge in [-0.1, -0.05) is 152 Å². The predicted octanol–water partition coefficient (Wildman–Crippen LogP) is 9.81. The second kappa shape index (κ2) is 36.4. The molecule has 0 aromatic rings. The summed E-state index contributed by atoms with van der Waals surface area (Å²) in [6.07, 6.45) is 37.6. The highest BCUT2D eigenvalue weighted by atomic mass is 31.2. The molecule has 0 saturated heterocycles. The minimum Gasteiger partial charge on any atom is -0.606 e. The summed E-state index contributed by atoms with van der Waals surface area (Å²) in [5, 5.41) is 10.0. The topological polar surface area (TPSA) is 135 Å². The number of hydrogen-bond acceptors (Lipinski definition) is 9. The van der Waals surface area contributed by atoms with Gasteiger partial charge in [-0.3, -0.25) is 9.59 Å². The third-order valence-corrected chi connectivity index (χ3v) is 9.93. The van der Waals surface area contributed by atoms with E-state index in [1.807, 2.05) is 57.6 Å². The van der Waals surface area contributed by atoms with Crippen LogP contribution in [0.15, 0.2) is 48.6 Å². The van der Waals surface area contributed by atoms with Crippen LogP contribution < -0.4 is 4.89 Å². The van der Waals surface area contributed by atoms with Gasteiger partial charge in [0.15, 0.2) is 6.10 Å². The molecule has 0 aromatic heterocycles. The fraction of sp³-hybridized carbons (Fsp3) is 0.773. The fourth-order valence-corrected chi connectivity index (χ4v) is 6.24. The van der Waals surface area contributed by atoms with Crippen LogP contribution in [0, 0.1) is 0 Å². The summed E-state index contributed by atoms with van der Waals surface area (Å²) in [5.41, 5.74) is 0. The SMILES string of the molecule is CCCCC/C=C\C[C@H](O)/C=C/C=C\C/C=C\CCCC(=O)OC(COC(=O)CCCCCCCCCCCCCCC)CO[P+]([O-])(O)OCC[N+](C)(C)C. The molecule has 0 rings (SSSR count). The van der Waals surface area contributed by atoms with Crippen molar-refractivity contribution in [1.82, 2.24) is 0 Å². The van der Waals surface area contributed by atoms with Crippen molar-refractivity contribution in [2.24, 2.45) is 0 Å². The number of unbranched alkanes of at least 4 members (excludes halogenated alkanes) is 16. The number of hydrogen-bond donors (Lipinski definition) is 2. The van der Waals surface area contributed by atoms with Crippen LogP contribution in [0.2, 0.25) is 0 Å². The Labute approximate surface area is 336 Å². The monoisotopic (exact) mass is 799 g/mol. The van der Waals surface area contributed by atoms with Crippen molar-refractivity contribution in [2.75, 3.05) is 47.5 Å². The number of quaternary nitrogens is 1. The first-order valence-electron chi connectivity index (χ1n) is 21.5. The molecule has 0 bridgehead atoms. The normalized spacial score (nSPS) is 14.7. The second-order valence-electron chi connectivity index (χ2n) is 15.6. The number of allylic oxidation sites excluding steroid dienone is 6. The van der Waals surface area contributed by atoms with Crippen molar-refractivity contribution in [2.45, 2.75) is 174 Å². The lowest BCUT2D eigenvalue weighted by Crippen LogP contribution is -2.38. The molecule has 0 spiro atoms. The van der Waals surface area contributed by atoms with Gasteiger partial charge in [0.2, 0.25) is 0 Å². The van der Waals surface area contributed by atoms with Gasteiger partial charge in [0.1, 0.15) is 26.4 Å². The van der Waals surface area contributed by atoms with E-state index >= 15 is 0 Å². The van der Waals surface area contributed by atoms with Gasteiger partial charge in [0, 0.05) is 12.8 Å². The summed E-state index contributed by atoms with van der Waals surface area (Å²) in [4.78, 5) is 47.7. The van der Waals surface area contributed by atoms with E-state index in [0.29, 0.717) is 30.3 Å². The van der Waals surface area contributed by atoms with Gasteiger partial charge >= 0.3 is 20.1 Å². The molecule has 11 heteroatoms. The van der Waals surface area contributed by atoms with Gasteiger partial charge in [-0.25, -0.2) is 0 Å². The lowest BCUT2D eigenvalue weighted by Gasteiger charge is -2.26. The number of rotatable bonds is 38. The van der Waals surface area contributed by atoms with E-state index in [1.165, 1.54) is 83.5 Å². The number of phosphoric ester groups is 1. The molecule has 2 unspecified atom stereocenters. The maximum Gasteiger partial charge on any atom is 0.377 e. The van der Waals surface area contributed by atoms with Crippen LogP contribution in [-0.2, 0) is 28.1 Å². The van der Waals surface area contributed by atoms with Gasteiger partial charge < -0.3 is 24.0 Å². The number of ether oxygens (including phenoxy) is 2. The fourth-order valence-electron chi connectivity index (χ4n) is 5.50. The van der Waals surface area contributed by atoms with E-state index in [9.17, 15) is 24.5 Å². The maximum atomic E-state index is 12.7. The van der Waals surface area contributed by atoms with Crippen LogP contribution in [0.1, 0.15) is 162 Å². The van der Waals surface area contributed by atoms with E-state index in [4.69, 9.17) is 18.5 Å². The molecule has 10 nitrogen and oxygen atoms in total. The van der Waals surface area contributed by atoms with Crippen molar-refractivity contribution in [3.8, 4) is 0 Å². The highest BCUT2D eigenvalue weighted by molar-refractivity contribution is 7.52. The number of aliphatic hydroxyl groups is 1. The van der Waals surface area contributed by atoms with Gasteiger partial charge in [0.25, 0.3) is 0 Å². The first kappa shape index (κ1) is 53.1. The average Bonchev–Trinajstić information content (AvgIpc) is 3.13. The Hall–Kier alpha value is -1.91. The molecule has 0 heterocycles. The molecule has 320 valence electrons. The molecule has 0 aromatic carbocycles. The Morgan fingerprint density at radius 1 is 0.673 bits per heavy atom. The number of esters is 2. The van der Waals surface area contributed by atoms with E-state index in [-0.39, 0.29) is 26.1 Å². The van der Waals surface area contributed by atoms with E-state index in [0.717, 1.165) is 32.1 Å². The molecule has 0 amide bonds. The first-order chi connectivity index (χ1) is 26.4. The lowest BCUT2D eigenvalue weighted by molar-refractivity contribution is -0.870. The van der Waals surface area contributed by atoms with Gasteiger partial charge in [-0.15, -0.1) is 0 Å². The number of carbonyl (C=O) groups is 2. The second-order valence-corrected chi connectivity index (χ2v) is 17.0. The molecule has 0 saturated carbocycles. The summed E-state index contributed by atoms with van der Waals surface area (Å²) >= 11 is 0. The third-order valence-electron chi connectivity index (χ3n) is 8.94. The van der Waals surface area contributed by atoms with Crippen molar-refractivity contribution >= 4 is 20.1 Å². The zero-order chi connectivity index (χ0) is 40.9. The summed E-state index contributed by atoms with van der Waals surface area (Å²) in [6, 6.07) is 0. The molecule has 2 N–H and O–H groups in total. The standard InChI is InChI=1S/C44H80NO9P/c1-6-8-10-12-14-15-16-17-18-19-23-27-31-35-43(47)51-39-42(40-53-55(49,50)52-38-37-45(3,4)5)54-44(48)36-32-28-24-21-20-22-26-30-34-41(46)33-29-25-13-11-9-7-2/h21-22,24-26,29-30,34,41-42,46H,6-20,23,27-28,31-33,35-40H2,1-5H3/p+1/b24-21-,26-22-,29-25-,34-30+/t41-,42?/m0/s1. The van der Waals surface area contributed by atoms with Gasteiger partial charge in [0.05, 0.1) is 27.2 Å². The molecule has 0 radical (unpaired) electrons. The van der Waals surface area contributed by atoms with Crippen molar-refractivity contribution in [1.29, 1.82) is 0 Å². The summed E-state index contributed by atoms with van der Waals surface area (Å²) < 4.78 is 21.7. The molecular formula is C44H81NO9P+. The number of carbonyl (C=O) groups excluding carboxylic acids is 2. The number of phosphoric acid groups is 1. The average molecular weight is 799 g/mol. The smallest absolute Gasteiger partial charge is 0.377 e. The maximum absolute atomic E-state index is 12.7. The van der Waals surface area contributed by atoms with Crippen molar-refractivity contribution < 1.29 is 47.5 Å². The number of likely N-dealkylation sites (N-methyl/N-ethyl adjacent to an activating group) is 1. The van der Waals surface area contributed by atoms with Crippen LogP contribution in [0.25, 0.3) is 0 Å². The highest BCUT2D eigenvalue weighted by Crippen LogP contribution is 2.47. The minimum absolute atomic E-state index is 0.0100. The first-order valence-corrected chi connectivity index (χ1v) is 23.0. The van der Waals surface area contributed by atoms with Crippen LogP contribution in [0.4, 0.5) is 0 Å². The molecule has 3 atom stereocenters. The third kappa shape index (κ3) is 40.1. The molecule has 0 aliphatic carbocycles. The highest BCUT2D eigenvalue weighted by Gasteiger charge is 2.31. The van der Waals surface area contributed by atoms with E-state index < -0.39 is 38.9 Å². The van der Waals surface area contributed by atoms with Crippen molar-refractivity contribution in [3.05, 3.63) is 48.6 Å². The van der Waals surface area contributed by atoms with Crippen LogP contribution in [-0.4, -0.2) is 86.1 Å². The largest absolute Gasteiger partial charge is 0.606 e. The Bertz CT molecular complexity index is 1040. The number of aliphatic hydroxyl groups excluding tert-OH is 1. The zero-order valence-corrected chi connectivity index (χ0v) is 36.4. The molecule has 55 heavy (non-hydrogen) atoms. The summed E-state index contributed by atoms with van der Waals surface area (Å²) in [7, 11) is 1.40. The van der Waals surface area contributed by atoms with Gasteiger partial charge in [-0.05, 0) is 44.9 Å². The lowest BCUT2D eigenvalue weighted by atomic mass is 10.0. The summed E-state index contributed by atoms with van der Waals surface area (Å²) in [6.45, 7) is 4.22. The quantitative estimate of drug-likeness (QED) is 0.0156. The van der Waals surface area contributed by atoms with E-state index in [1.54, 1.807) is 6.08 Å². The van der Waals surface area contributed by atoms with Crippen LogP contribution in [0.3, 0.4) is 0 Å². The minimum atomic E-state index is -4.40. The van der Waals surface area contributed by atoms with Gasteiger partial charge in [-0.2, -0.15) is 13.9 Å². The Balaban J connectivity index is 4.54. The molecule has 0 aliphatic heterocycles. The Morgan fingerprint density at radius 2 is 1.24 bits per heavy atom. The van der Waals surface area contributed by atoms with Crippen LogP contribution >= 0.6 is 8.17 Å². The van der Waals surface area contributed by atoms with E-state index in [2.05, 4.69) is 19.9 Å². The molecule has 0 fully saturated rings. The molecule has 0 aliphatic rings. The Kier molecular flexibility index (Phi) is 35.2. The molecular weight excluding hydrogens is 717 g/mol. The Morgan fingerprint density at radius 3 is 1.87 bits per heavy atom. The van der Waals surface area contributed by atoms with Crippen molar-refractivity contribution in [3.63, 3.8) is 0 Å². The predicted molar refractivity (Wildman–Crippen MR) is 225 cm³/mol. The number of nitrogens with zero attached hydrogens (tertiary/aromatic N) is 1. The summed E-state index contributed by atoms with van der Waals surface area (Å²) in [5.74, 6) is -0.903.